The Bertz CT molecular complexity index is 37.8. The monoisotopic (exact) mass is 253 g/mol. The van der Waals surface area contributed by atoms with Crippen molar-refractivity contribution in [3.05, 3.63) is 0 Å². The smallest absolute Gasteiger partial charge is 0.209 e. The van der Waals surface area contributed by atoms with Crippen LogP contribution in [-0.2, 0) is 30.6 Å². The first-order valence-corrected chi connectivity index (χ1v) is 1.39. The molecule has 0 saturated heterocycles. The van der Waals surface area contributed by atoms with Crippen molar-refractivity contribution in [2.24, 2.45) is 0 Å². The molecule has 1 amide bonds. The van der Waals surface area contributed by atoms with Gasteiger partial charge in [0.1, 0.15) is 0 Å². The maximum atomic E-state index is 9.43. The molecule has 6 heavy (non-hydrogen) atoms. The van der Waals surface area contributed by atoms with Crippen LogP contribution in [0.4, 0.5) is 0 Å². The van der Waals surface area contributed by atoms with Crippen molar-refractivity contribution in [2.45, 2.75) is 0 Å². The largest absolute Gasteiger partial charge is 0.351 e. The molecule has 0 rings (SSSR count). The van der Waals surface area contributed by atoms with Crippen LogP contribution in [0.3, 0.4) is 0 Å². The Hall–Kier alpha value is 0.340. The number of hydrogen-bond acceptors (Lipinski definition) is 1. The first kappa shape index (κ1) is 9.60. The summed E-state index contributed by atoms with van der Waals surface area (Å²) >= 11 is 0. The molecule has 2 nitrogen and oxygen atoms in total. The Morgan fingerprint density at radius 2 is 1.67 bits per heavy atom. The van der Waals surface area contributed by atoms with Crippen molar-refractivity contribution >= 4 is 6.41 Å². The van der Waals surface area contributed by atoms with Crippen molar-refractivity contribution < 1.29 is 30.6 Å². The zero-order valence-electron chi connectivity index (χ0n) is 3.93. The Kier molecular flexibility index (Phi) is 8.54. The van der Waals surface area contributed by atoms with Crippen molar-refractivity contribution in [3.63, 3.8) is 0 Å². The van der Waals surface area contributed by atoms with Crippen molar-refractivity contribution in [2.75, 3.05) is 14.1 Å². The Labute approximate surface area is 56.3 Å². The van der Waals surface area contributed by atoms with Gasteiger partial charge in [-0.05, 0) is 0 Å². The van der Waals surface area contributed by atoms with Gasteiger partial charge in [-0.15, -0.1) is 0 Å². The summed E-state index contributed by atoms with van der Waals surface area (Å²) in [6, 6.07) is 0. The maximum absolute atomic E-state index is 9.43. The van der Waals surface area contributed by atoms with Crippen LogP contribution in [-0.4, -0.2) is 25.4 Å². The van der Waals surface area contributed by atoms with E-state index in [0.717, 1.165) is 6.41 Å². The van der Waals surface area contributed by atoms with Gasteiger partial charge >= 0.3 is 0 Å². The molecule has 0 aliphatic carbocycles. The van der Waals surface area contributed by atoms with Crippen LogP contribution < -0.4 is 0 Å². The van der Waals surface area contributed by atoms with Crippen LogP contribution >= 0.6 is 0 Å². The van der Waals surface area contributed by atoms with Crippen LogP contribution in [0.2, 0.25) is 0 Å². The average Bonchev–Trinajstić information content (AvgIpc) is 1.38. The number of nitrogens with zero attached hydrogens (tertiary/aromatic N) is 1. The molecule has 3 heteroatoms. The summed E-state index contributed by atoms with van der Waals surface area (Å²) in [5, 5.41) is 0. The second-order valence-corrected chi connectivity index (χ2v) is 1.07. The van der Waals surface area contributed by atoms with Gasteiger partial charge in [-0.1, -0.05) is 0 Å². The predicted molar refractivity (Wildman–Crippen MR) is 19.8 cm³/mol. The van der Waals surface area contributed by atoms with Crippen molar-refractivity contribution in [1.29, 1.82) is 0 Å². The number of hydrogen-bond donors (Lipinski definition) is 0. The van der Waals surface area contributed by atoms with Crippen molar-refractivity contribution in [1.82, 2.24) is 4.90 Å². The minimum atomic E-state index is 0. The van der Waals surface area contributed by atoms with E-state index in [1.54, 1.807) is 14.1 Å². The van der Waals surface area contributed by atoms with Gasteiger partial charge in [-0.3, -0.25) is 4.79 Å². The fourth-order valence-corrected chi connectivity index (χ4v) is 0. The molecule has 0 aliphatic rings. The second kappa shape index (κ2) is 5.34. The Morgan fingerprint density at radius 3 is 1.67 bits per heavy atom. The van der Waals surface area contributed by atoms with E-state index in [1.807, 2.05) is 0 Å². The maximum Gasteiger partial charge on any atom is 0.209 e. The Morgan fingerprint density at radius 1 is 1.50 bits per heavy atom. The van der Waals surface area contributed by atoms with Crippen LogP contribution in [0.5, 0.6) is 0 Å². The molecule has 0 aliphatic heterocycles. The van der Waals surface area contributed by atoms with Crippen LogP contribution in [0, 0.1) is 0 Å². The fourth-order valence-electron chi connectivity index (χ4n) is 0. The normalized spacial score (nSPS) is 5.67. The summed E-state index contributed by atoms with van der Waals surface area (Å²) in [5.74, 6) is 0. The van der Waals surface area contributed by atoms with Gasteiger partial charge < -0.3 is 4.90 Å². The summed E-state index contributed by atoms with van der Waals surface area (Å²) in [7, 11) is 3.38. The predicted octanol–water partition coefficient (Wildman–Crippen LogP) is -0.298. The molecule has 0 bridgehead atoms. The molecule has 0 unspecified atom stereocenters. The molecule has 34 valence electrons. The standard InChI is InChI=1S/C3H7NO.Hf/c1-4(2)3-5;/h3H,1-2H3;. The van der Waals surface area contributed by atoms with Gasteiger partial charge in [0.2, 0.25) is 6.41 Å². The van der Waals surface area contributed by atoms with Gasteiger partial charge in [0, 0.05) is 39.9 Å². The average molecular weight is 252 g/mol. The molecule has 0 N–H and O–H groups in total. The van der Waals surface area contributed by atoms with E-state index in [1.165, 1.54) is 4.90 Å². The second-order valence-electron chi connectivity index (χ2n) is 1.07. The van der Waals surface area contributed by atoms with E-state index in [9.17, 15) is 4.79 Å². The molecular weight excluding hydrogens is 245 g/mol. The summed E-state index contributed by atoms with van der Waals surface area (Å²) in [5.41, 5.74) is 0. The number of rotatable bonds is 1. The zero-order valence-corrected chi connectivity index (χ0v) is 7.53. The molecule has 0 saturated carbocycles. The fraction of sp³-hybridized carbons (Fsp3) is 0.667. The van der Waals surface area contributed by atoms with Gasteiger partial charge in [-0.2, -0.15) is 0 Å². The van der Waals surface area contributed by atoms with E-state index < -0.39 is 0 Å². The third kappa shape index (κ3) is 8.84. The van der Waals surface area contributed by atoms with E-state index in [-0.39, 0.29) is 25.8 Å². The first-order valence-electron chi connectivity index (χ1n) is 1.39. The van der Waals surface area contributed by atoms with Gasteiger partial charge in [0.15, 0.2) is 0 Å². The first-order chi connectivity index (χ1) is 2.27. The third-order valence-corrected chi connectivity index (χ3v) is 0.211. The molecule has 0 aromatic heterocycles. The van der Waals surface area contributed by atoms with E-state index in [4.69, 9.17) is 0 Å². The van der Waals surface area contributed by atoms with E-state index in [0.29, 0.717) is 0 Å². The van der Waals surface area contributed by atoms with Gasteiger partial charge in [-0.25, -0.2) is 0 Å². The molecule has 0 aromatic rings. The molecule has 0 aromatic carbocycles. The summed E-state index contributed by atoms with van der Waals surface area (Å²) < 4.78 is 0. The van der Waals surface area contributed by atoms with Gasteiger partial charge in [0.25, 0.3) is 0 Å². The topological polar surface area (TPSA) is 20.3 Å². The number of carbonyl (C=O) groups is 1. The summed E-state index contributed by atoms with van der Waals surface area (Å²) in [4.78, 5) is 10.9. The minimum absolute atomic E-state index is 0. The van der Waals surface area contributed by atoms with E-state index in [2.05, 4.69) is 0 Å². The number of carbonyl (C=O) groups excluding carboxylic acids is 1. The van der Waals surface area contributed by atoms with Crippen LogP contribution in [0.1, 0.15) is 0 Å². The molecule has 0 fully saturated rings. The SMILES string of the molecule is CN(C)C=O.[Hf]. The minimum Gasteiger partial charge on any atom is -0.351 e. The van der Waals surface area contributed by atoms with Crippen molar-refractivity contribution in [3.8, 4) is 0 Å². The van der Waals surface area contributed by atoms with Crippen LogP contribution in [0.15, 0.2) is 0 Å². The Balaban J connectivity index is 0. The molecule has 0 atom stereocenters. The summed E-state index contributed by atoms with van der Waals surface area (Å²) in [6.07, 6.45) is 0.750. The number of amides is 1. The molecule has 0 heterocycles. The molecule has 0 radical (unpaired) electrons. The molecular formula is C3H7HfNO. The summed E-state index contributed by atoms with van der Waals surface area (Å²) in [6.45, 7) is 0. The zero-order chi connectivity index (χ0) is 4.28. The van der Waals surface area contributed by atoms with Gasteiger partial charge in [0.05, 0.1) is 0 Å². The van der Waals surface area contributed by atoms with E-state index >= 15 is 0 Å². The third-order valence-electron chi connectivity index (χ3n) is 0.211. The quantitative estimate of drug-likeness (QED) is 0.463. The molecule has 0 spiro atoms. The van der Waals surface area contributed by atoms with Crippen LogP contribution in [0.25, 0.3) is 0 Å².